The van der Waals surface area contributed by atoms with Crippen LogP contribution in [0, 0.1) is 5.41 Å². The lowest BCUT2D eigenvalue weighted by Gasteiger charge is -2.37. The third-order valence-electron chi connectivity index (χ3n) is 4.34. The van der Waals surface area contributed by atoms with Crippen molar-refractivity contribution in [3.05, 3.63) is 18.0 Å². The largest absolute Gasteiger partial charge is 0.384 e. The second-order valence-electron chi connectivity index (χ2n) is 6.89. The zero-order valence-corrected chi connectivity index (χ0v) is 17.1. The van der Waals surface area contributed by atoms with Crippen LogP contribution in [0.5, 0.6) is 0 Å². The third kappa shape index (κ3) is 5.95. The van der Waals surface area contributed by atoms with E-state index in [0.29, 0.717) is 13.2 Å². The molecule has 1 saturated heterocycles. The topological polar surface area (TPSA) is 112 Å². The number of aromatic nitrogens is 1. The number of methoxy groups -OCH3 is 1. The number of carbonyl (C=O) groups excluding carboxylic acids is 1. The van der Waals surface area contributed by atoms with E-state index >= 15 is 0 Å². The zero-order valence-electron chi connectivity index (χ0n) is 15.4. The fourth-order valence-corrected chi connectivity index (χ4v) is 4.28. The summed E-state index contributed by atoms with van der Waals surface area (Å²) in [6.07, 6.45) is 3.17. The molecule has 0 atom stereocenters. The first-order valence-electron chi connectivity index (χ1n) is 8.47. The summed E-state index contributed by atoms with van der Waals surface area (Å²) in [5.41, 5.74) is 0.140. The standard InChI is InChI=1S/C16H28N4O4S.ClH/c1-12(2)20-25(22,23)13-8-14(18-9-13)15(21)19-10-16(11-24-3)4-6-17-7-5-16;/h8-9,12,17-18,20H,4-7,10-11H2,1-3H3,(H,19,21);1H. The van der Waals surface area contributed by atoms with Gasteiger partial charge in [0.05, 0.1) is 6.61 Å². The highest BCUT2D eigenvalue weighted by Gasteiger charge is 2.32. The third-order valence-corrected chi connectivity index (χ3v) is 5.98. The lowest BCUT2D eigenvalue weighted by atomic mass is 9.79. The number of sulfonamides is 1. The number of amides is 1. The van der Waals surface area contributed by atoms with Crippen molar-refractivity contribution < 1.29 is 17.9 Å². The fraction of sp³-hybridized carbons (Fsp3) is 0.688. The maximum absolute atomic E-state index is 12.4. The Morgan fingerprint density at radius 3 is 2.58 bits per heavy atom. The van der Waals surface area contributed by atoms with Crippen molar-refractivity contribution in [3.8, 4) is 0 Å². The van der Waals surface area contributed by atoms with Gasteiger partial charge in [-0.3, -0.25) is 4.79 Å². The Hall–Kier alpha value is -1.13. The molecule has 8 nitrogen and oxygen atoms in total. The molecule has 1 amide bonds. The van der Waals surface area contributed by atoms with E-state index < -0.39 is 10.0 Å². The number of piperidine rings is 1. The second kappa shape index (κ2) is 9.70. The van der Waals surface area contributed by atoms with Crippen molar-refractivity contribution in [2.75, 3.05) is 33.4 Å². The molecule has 0 aliphatic carbocycles. The van der Waals surface area contributed by atoms with Crippen LogP contribution in [0.25, 0.3) is 0 Å². The second-order valence-corrected chi connectivity index (χ2v) is 8.60. The van der Waals surface area contributed by atoms with E-state index in [9.17, 15) is 13.2 Å². The Kier molecular flexibility index (Phi) is 8.55. The summed E-state index contributed by atoms with van der Waals surface area (Å²) in [4.78, 5) is 15.2. The van der Waals surface area contributed by atoms with Crippen LogP contribution in [0.3, 0.4) is 0 Å². The monoisotopic (exact) mass is 408 g/mol. The molecular formula is C16H29ClN4O4S. The number of hydrogen-bond donors (Lipinski definition) is 4. The molecule has 2 heterocycles. The first-order valence-corrected chi connectivity index (χ1v) is 9.95. The molecule has 1 aromatic rings. The first kappa shape index (κ1) is 22.9. The number of ether oxygens (including phenoxy) is 1. The number of nitrogens with one attached hydrogen (secondary N) is 4. The maximum atomic E-state index is 12.4. The van der Waals surface area contributed by atoms with E-state index in [4.69, 9.17) is 4.74 Å². The van der Waals surface area contributed by atoms with E-state index in [1.54, 1.807) is 21.0 Å². The minimum absolute atomic E-state index is 0. The Balaban J connectivity index is 0.00000338. The molecule has 1 fully saturated rings. The van der Waals surface area contributed by atoms with Crippen LogP contribution >= 0.6 is 12.4 Å². The average molecular weight is 409 g/mol. The predicted molar refractivity (Wildman–Crippen MR) is 102 cm³/mol. The molecule has 1 aliphatic heterocycles. The van der Waals surface area contributed by atoms with Gasteiger partial charge >= 0.3 is 0 Å². The van der Waals surface area contributed by atoms with E-state index in [-0.39, 0.29) is 40.4 Å². The molecule has 0 saturated carbocycles. The Morgan fingerprint density at radius 1 is 1.35 bits per heavy atom. The number of carbonyl (C=O) groups is 1. The average Bonchev–Trinajstić information content (AvgIpc) is 3.04. The number of rotatable bonds is 8. The van der Waals surface area contributed by atoms with Crippen molar-refractivity contribution >= 4 is 28.3 Å². The van der Waals surface area contributed by atoms with Gasteiger partial charge in [-0.25, -0.2) is 13.1 Å². The van der Waals surface area contributed by atoms with E-state index in [1.807, 2.05) is 0 Å². The lowest BCUT2D eigenvalue weighted by Crippen LogP contribution is -2.47. The number of H-pyrrole nitrogens is 1. The van der Waals surface area contributed by atoms with Crippen LogP contribution < -0.4 is 15.4 Å². The number of aromatic amines is 1. The number of hydrogen-bond acceptors (Lipinski definition) is 5. The van der Waals surface area contributed by atoms with Gasteiger partial charge in [-0.15, -0.1) is 12.4 Å². The molecule has 4 N–H and O–H groups in total. The summed E-state index contributed by atoms with van der Waals surface area (Å²) in [6.45, 7) is 6.35. The summed E-state index contributed by atoms with van der Waals surface area (Å²) < 4.78 is 32.1. The molecule has 10 heteroatoms. The van der Waals surface area contributed by atoms with Crippen molar-refractivity contribution in [2.24, 2.45) is 5.41 Å². The van der Waals surface area contributed by atoms with Gasteiger partial charge in [-0.05, 0) is 45.8 Å². The van der Waals surface area contributed by atoms with Gasteiger partial charge in [0.2, 0.25) is 10.0 Å². The molecule has 0 unspecified atom stereocenters. The van der Waals surface area contributed by atoms with E-state index in [2.05, 4.69) is 20.3 Å². The maximum Gasteiger partial charge on any atom is 0.267 e. The number of halogens is 1. The van der Waals surface area contributed by atoms with Crippen LogP contribution in [0.15, 0.2) is 17.2 Å². The van der Waals surface area contributed by atoms with Crippen molar-refractivity contribution in [3.63, 3.8) is 0 Å². The molecule has 1 aromatic heterocycles. The van der Waals surface area contributed by atoms with E-state index in [1.165, 1.54) is 12.3 Å². The highest BCUT2D eigenvalue weighted by atomic mass is 35.5. The van der Waals surface area contributed by atoms with Crippen LogP contribution in [0.4, 0.5) is 0 Å². The Labute approximate surface area is 161 Å². The van der Waals surface area contributed by atoms with Crippen LogP contribution in [0.2, 0.25) is 0 Å². The predicted octanol–water partition coefficient (Wildman–Crippen LogP) is 0.869. The van der Waals surface area contributed by atoms with Gasteiger partial charge in [0.1, 0.15) is 10.6 Å². The lowest BCUT2D eigenvalue weighted by molar-refractivity contribution is 0.0511. The zero-order chi connectivity index (χ0) is 18.5. The summed E-state index contributed by atoms with van der Waals surface area (Å²) in [6, 6.07) is 1.14. The first-order chi connectivity index (χ1) is 11.8. The molecule has 1 aliphatic rings. The molecule has 2 rings (SSSR count). The molecule has 26 heavy (non-hydrogen) atoms. The highest BCUT2D eigenvalue weighted by Crippen LogP contribution is 2.28. The fourth-order valence-electron chi connectivity index (χ4n) is 3.04. The SMILES string of the molecule is COCC1(CNC(=O)c2cc(S(=O)(=O)NC(C)C)c[nH]2)CCNCC1.Cl. The van der Waals surface area contributed by atoms with Crippen LogP contribution in [-0.2, 0) is 14.8 Å². The summed E-state index contributed by atoms with van der Waals surface area (Å²) >= 11 is 0. The Bertz CT molecular complexity index is 679. The van der Waals surface area contributed by atoms with Crippen molar-refractivity contribution in [2.45, 2.75) is 37.6 Å². The van der Waals surface area contributed by atoms with Crippen molar-refractivity contribution in [1.29, 1.82) is 0 Å². The van der Waals surface area contributed by atoms with Gasteiger partial charge in [-0.1, -0.05) is 0 Å². The minimum atomic E-state index is -3.62. The van der Waals surface area contributed by atoms with Crippen molar-refractivity contribution in [1.82, 2.24) is 20.3 Å². The normalized spacial score (nSPS) is 16.9. The summed E-state index contributed by atoms with van der Waals surface area (Å²) in [5, 5.41) is 6.21. The molecule has 0 spiro atoms. The molecule has 0 aromatic carbocycles. The summed E-state index contributed by atoms with van der Waals surface area (Å²) in [7, 11) is -1.96. The van der Waals surface area contributed by atoms with Gasteiger partial charge in [0, 0.05) is 31.3 Å². The molecule has 0 radical (unpaired) electrons. The highest BCUT2D eigenvalue weighted by molar-refractivity contribution is 7.89. The van der Waals surface area contributed by atoms with Gasteiger partial charge in [0.15, 0.2) is 0 Å². The van der Waals surface area contributed by atoms with Gasteiger partial charge in [-0.2, -0.15) is 0 Å². The smallest absolute Gasteiger partial charge is 0.267 e. The molecule has 0 bridgehead atoms. The summed E-state index contributed by atoms with van der Waals surface area (Å²) in [5.74, 6) is -0.319. The molecule has 150 valence electrons. The van der Waals surface area contributed by atoms with Crippen LogP contribution in [-0.4, -0.2) is 58.7 Å². The van der Waals surface area contributed by atoms with Gasteiger partial charge in [0.25, 0.3) is 5.91 Å². The minimum Gasteiger partial charge on any atom is -0.384 e. The van der Waals surface area contributed by atoms with Gasteiger partial charge < -0.3 is 20.4 Å². The molecular weight excluding hydrogens is 380 g/mol. The Morgan fingerprint density at radius 2 is 2.00 bits per heavy atom. The quantitative estimate of drug-likeness (QED) is 0.510. The van der Waals surface area contributed by atoms with E-state index in [0.717, 1.165) is 25.9 Å². The van der Waals surface area contributed by atoms with Crippen LogP contribution in [0.1, 0.15) is 37.2 Å².